The summed E-state index contributed by atoms with van der Waals surface area (Å²) in [6.07, 6.45) is 9.67. The Morgan fingerprint density at radius 2 is 1.97 bits per heavy atom. The highest BCUT2D eigenvalue weighted by Crippen LogP contribution is 2.28. The highest BCUT2D eigenvalue weighted by atomic mass is 32.2. The Morgan fingerprint density at radius 1 is 1.25 bits per heavy atom. The summed E-state index contributed by atoms with van der Waals surface area (Å²) in [5.41, 5.74) is 0.853. The Balaban J connectivity index is 2.10. The summed E-state index contributed by atoms with van der Waals surface area (Å²) < 4.78 is 43.1. The number of hydrogen-bond acceptors (Lipinski definition) is 9. The van der Waals surface area contributed by atoms with Gasteiger partial charge >= 0.3 is 0 Å². The van der Waals surface area contributed by atoms with Gasteiger partial charge in [0, 0.05) is 28.1 Å². The minimum atomic E-state index is -0.794. The van der Waals surface area contributed by atoms with E-state index in [2.05, 4.69) is 25.9 Å². The van der Waals surface area contributed by atoms with Gasteiger partial charge in [-0.2, -0.15) is 18.7 Å². The second-order valence-corrected chi connectivity index (χ2v) is 9.70. The number of thioether (sulfide) groups is 1. The van der Waals surface area contributed by atoms with Gasteiger partial charge in [-0.05, 0) is 45.1 Å². The molecular formula is C25H33F2N5O2S2. The first-order valence-electron chi connectivity index (χ1n) is 11.5. The van der Waals surface area contributed by atoms with Crippen molar-refractivity contribution in [2.45, 2.75) is 59.4 Å². The lowest BCUT2D eigenvalue weighted by molar-refractivity contribution is 0.259. The fraction of sp³-hybridized carbons (Fsp3) is 0.440. The van der Waals surface area contributed by atoms with Crippen LogP contribution in [0.25, 0.3) is 0 Å². The molecule has 0 amide bonds. The maximum atomic E-state index is 15.0. The van der Waals surface area contributed by atoms with Crippen molar-refractivity contribution in [3.63, 3.8) is 0 Å². The molecular weight excluding hydrogens is 504 g/mol. The second-order valence-electron chi connectivity index (χ2n) is 8.09. The van der Waals surface area contributed by atoms with Crippen LogP contribution in [0.15, 0.2) is 53.8 Å². The molecule has 2 aromatic rings. The first kappa shape index (κ1) is 29.4. The van der Waals surface area contributed by atoms with Gasteiger partial charge in [-0.1, -0.05) is 33.4 Å². The maximum absolute atomic E-state index is 15.0. The molecule has 0 aromatic carbocycles. The average Bonchev–Trinajstić information content (AvgIpc) is 3.34. The zero-order chi connectivity index (χ0) is 26.7. The lowest BCUT2D eigenvalue weighted by Gasteiger charge is -2.29. The van der Waals surface area contributed by atoms with Gasteiger partial charge in [0.2, 0.25) is 10.9 Å². The van der Waals surface area contributed by atoms with Crippen molar-refractivity contribution in [3.8, 4) is 11.8 Å². The Kier molecular flexibility index (Phi) is 12.0. The molecule has 0 radical (unpaired) electrons. The van der Waals surface area contributed by atoms with Crippen molar-refractivity contribution in [3.05, 3.63) is 65.5 Å². The van der Waals surface area contributed by atoms with Crippen molar-refractivity contribution in [2.24, 2.45) is 0 Å². The standard InChI is InChI=1S/C25H33F2N5O2S2/c1-8-17(4)32(25-30-22(16(2)3)31-36-25)18(5)14-33-23-21(27)24(29-15-28-23)34-19(6)10-9-11-20(35-7)12-13-26/h10-13,15-16,18H,4,8-9,14H2,1-3,5-7H3/b13-12+,19-10+,20-11+. The maximum Gasteiger partial charge on any atom is 0.262 e. The van der Waals surface area contributed by atoms with Crippen molar-refractivity contribution in [2.75, 3.05) is 17.8 Å². The van der Waals surface area contributed by atoms with Gasteiger partial charge < -0.3 is 14.4 Å². The molecule has 2 heterocycles. The van der Waals surface area contributed by atoms with Crippen LogP contribution in [0, 0.1) is 5.82 Å². The van der Waals surface area contributed by atoms with Gasteiger partial charge in [-0.3, -0.25) is 0 Å². The number of rotatable bonds is 14. The third-order valence-corrected chi connectivity index (χ3v) is 6.48. The minimum absolute atomic E-state index is 0.127. The van der Waals surface area contributed by atoms with E-state index in [1.54, 1.807) is 13.0 Å². The van der Waals surface area contributed by atoms with E-state index in [0.29, 0.717) is 24.9 Å². The van der Waals surface area contributed by atoms with Crippen LogP contribution in [0.3, 0.4) is 0 Å². The first-order chi connectivity index (χ1) is 17.2. The zero-order valence-corrected chi connectivity index (χ0v) is 23.1. The first-order valence-corrected chi connectivity index (χ1v) is 13.5. The van der Waals surface area contributed by atoms with Crippen molar-refractivity contribution in [1.29, 1.82) is 0 Å². The summed E-state index contributed by atoms with van der Waals surface area (Å²) >= 11 is 2.72. The van der Waals surface area contributed by atoms with Gasteiger partial charge in [0.05, 0.1) is 18.1 Å². The average molecular weight is 538 g/mol. The monoisotopic (exact) mass is 537 g/mol. The van der Waals surface area contributed by atoms with E-state index in [-0.39, 0.29) is 30.3 Å². The van der Waals surface area contributed by atoms with Crippen LogP contribution in [0.5, 0.6) is 11.8 Å². The molecule has 0 aliphatic carbocycles. The Bertz CT molecular complexity index is 1100. The fourth-order valence-electron chi connectivity index (χ4n) is 2.97. The summed E-state index contributed by atoms with van der Waals surface area (Å²) in [5, 5.41) is 0.718. The van der Waals surface area contributed by atoms with Crippen LogP contribution in [-0.4, -0.2) is 38.2 Å². The number of hydrogen-bond donors (Lipinski definition) is 0. The SMILES string of the molecule is C=C(CC)N(c1nc(C(C)C)ns1)C(C)COc1ncnc(O/C(C)=C/C/C=C(\C=C\F)SC)c1F. The quantitative estimate of drug-likeness (QED) is 0.185. The molecule has 0 spiro atoms. The molecule has 1 atom stereocenters. The molecule has 0 aliphatic heterocycles. The zero-order valence-electron chi connectivity index (χ0n) is 21.5. The molecule has 0 bridgehead atoms. The van der Waals surface area contributed by atoms with Gasteiger partial charge in [-0.15, -0.1) is 11.8 Å². The predicted molar refractivity (Wildman–Crippen MR) is 144 cm³/mol. The number of allylic oxidation sites excluding steroid dienone is 5. The van der Waals surface area contributed by atoms with E-state index < -0.39 is 5.82 Å². The third kappa shape index (κ3) is 8.41. The molecule has 0 fully saturated rings. The van der Waals surface area contributed by atoms with Crippen molar-refractivity contribution < 1.29 is 18.3 Å². The largest absolute Gasteiger partial charge is 0.473 e. The normalized spacial score (nSPS) is 13.4. The number of nitrogens with zero attached hydrogens (tertiary/aromatic N) is 5. The van der Waals surface area contributed by atoms with E-state index >= 15 is 4.39 Å². The number of ether oxygens (including phenoxy) is 2. The van der Waals surface area contributed by atoms with Crippen molar-refractivity contribution >= 4 is 28.4 Å². The molecule has 0 saturated heterocycles. The lowest BCUT2D eigenvalue weighted by Crippen LogP contribution is -2.36. The van der Waals surface area contributed by atoms with Crippen LogP contribution in [0.4, 0.5) is 13.9 Å². The lowest BCUT2D eigenvalue weighted by atomic mass is 10.2. The van der Waals surface area contributed by atoms with Crippen LogP contribution in [0.1, 0.15) is 59.2 Å². The molecule has 0 aliphatic rings. The van der Waals surface area contributed by atoms with E-state index in [0.717, 1.165) is 21.6 Å². The van der Waals surface area contributed by atoms with Crippen LogP contribution >= 0.6 is 23.3 Å². The van der Waals surface area contributed by atoms with Crippen LogP contribution in [0.2, 0.25) is 0 Å². The van der Waals surface area contributed by atoms with Gasteiger partial charge in [0.25, 0.3) is 11.8 Å². The summed E-state index contributed by atoms with van der Waals surface area (Å²) in [4.78, 5) is 15.2. The van der Waals surface area contributed by atoms with Gasteiger partial charge in [0.1, 0.15) is 18.8 Å². The Hall–Kier alpha value is -2.79. The van der Waals surface area contributed by atoms with E-state index in [1.807, 2.05) is 44.9 Å². The van der Waals surface area contributed by atoms with E-state index in [1.165, 1.54) is 35.7 Å². The predicted octanol–water partition coefficient (Wildman–Crippen LogP) is 7.19. The minimum Gasteiger partial charge on any atom is -0.473 e. The number of halogens is 2. The summed E-state index contributed by atoms with van der Waals surface area (Å²) in [6, 6.07) is -0.207. The Morgan fingerprint density at radius 3 is 2.58 bits per heavy atom. The number of anilines is 1. The molecule has 0 N–H and O–H groups in total. The topological polar surface area (TPSA) is 73.3 Å². The van der Waals surface area contributed by atoms with Crippen LogP contribution < -0.4 is 14.4 Å². The Labute approximate surface area is 220 Å². The molecule has 0 saturated carbocycles. The number of aromatic nitrogens is 4. The van der Waals surface area contributed by atoms with Gasteiger partial charge in [-0.25, -0.2) is 9.37 Å². The van der Waals surface area contributed by atoms with E-state index in [4.69, 9.17) is 9.47 Å². The molecule has 36 heavy (non-hydrogen) atoms. The highest BCUT2D eigenvalue weighted by Gasteiger charge is 2.23. The molecule has 1 unspecified atom stereocenters. The smallest absolute Gasteiger partial charge is 0.262 e. The van der Waals surface area contributed by atoms with E-state index in [9.17, 15) is 4.39 Å². The molecule has 11 heteroatoms. The third-order valence-electron chi connectivity index (χ3n) is 4.97. The highest BCUT2D eigenvalue weighted by molar-refractivity contribution is 8.02. The molecule has 196 valence electrons. The summed E-state index contributed by atoms with van der Waals surface area (Å²) in [5.74, 6) is 0.176. The summed E-state index contributed by atoms with van der Waals surface area (Å²) in [6.45, 7) is 14.0. The van der Waals surface area contributed by atoms with Crippen molar-refractivity contribution in [1.82, 2.24) is 19.3 Å². The molecule has 7 nitrogen and oxygen atoms in total. The second kappa shape index (κ2) is 14.7. The molecule has 2 rings (SSSR count). The summed E-state index contributed by atoms with van der Waals surface area (Å²) in [7, 11) is 0. The fourth-order valence-corrected chi connectivity index (χ4v) is 4.37. The van der Waals surface area contributed by atoms with Crippen LogP contribution in [-0.2, 0) is 0 Å². The molecule has 2 aromatic heterocycles. The van der Waals surface area contributed by atoms with Gasteiger partial charge in [0.15, 0.2) is 0 Å².